The number of halogens is 2. The number of aromatic nitrogens is 1. The number of hydrogen-bond donors (Lipinski definition) is 0. The van der Waals surface area contributed by atoms with Gasteiger partial charge in [0.15, 0.2) is 5.76 Å². The zero-order chi connectivity index (χ0) is 18.0. The monoisotopic (exact) mass is 375 g/mol. The van der Waals surface area contributed by atoms with Gasteiger partial charge in [0, 0.05) is 16.7 Å². The van der Waals surface area contributed by atoms with Crippen molar-refractivity contribution in [2.75, 3.05) is 0 Å². The van der Waals surface area contributed by atoms with E-state index in [0.717, 1.165) is 17.7 Å². The first-order chi connectivity index (χ1) is 11.9. The second kappa shape index (κ2) is 6.96. The lowest BCUT2D eigenvalue weighted by molar-refractivity contribution is -0.398. The molecule has 126 valence electrons. The molecule has 2 aromatic carbocycles. The lowest BCUT2D eigenvalue weighted by atomic mass is 10.1. The molecule has 3 rings (SSSR count). The van der Waals surface area contributed by atoms with Crippen molar-refractivity contribution in [3.8, 4) is 17.1 Å². The van der Waals surface area contributed by atoms with Crippen molar-refractivity contribution in [1.29, 1.82) is 0 Å². The van der Waals surface area contributed by atoms with Gasteiger partial charge in [0.25, 0.3) is 5.69 Å². The molecule has 0 aliphatic carbocycles. The Labute approximate surface area is 152 Å². The van der Waals surface area contributed by atoms with Crippen LogP contribution in [-0.2, 0) is 0 Å². The van der Waals surface area contributed by atoms with E-state index in [1.807, 2.05) is 0 Å². The molecular formula is C17H9Cl2N2O4-. The first-order valence-corrected chi connectivity index (χ1v) is 7.74. The van der Waals surface area contributed by atoms with Crippen molar-refractivity contribution in [3.63, 3.8) is 0 Å². The summed E-state index contributed by atoms with van der Waals surface area (Å²) in [5.41, 5.74) is 0.647. The lowest BCUT2D eigenvalue weighted by Gasteiger charge is -2.06. The van der Waals surface area contributed by atoms with Gasteiger partial charge in [0.2, 0.25) is 5.89 Å². The highest BCUT2D eigenvalue weighted by Gasteiger charge is 2.11. The van der Waals surface area contributed by atoms with E-state index in [1.54, 1.807) is 24.3 Å². The van der Waals surface area contributed by atoms with Crippen molar-refractivity contribution in [3.05, 3.63) is 75.3 Å². The minimum Gasteiger partial charge on any atom is -0.868 e. The third-order valence-electron chi connectivity index (χ3n) is 3.31. The molecule has 3 aromatic rings. The van der Waals surface area contributed by atoms with Gasteiger partial charge in [-0.1, -0.05) is 35.3 Å². The fourth-order valence-electron chi connectivity index (χ4n) is 2.11. The molecule has 1 heterocycles. The molecule has 0 saturated carbocycles. The number of hydrogen-bond acceptors (Lipinski definition) is 5. The fourth-order valence-corrected chi connectivity index (χ4v) is 2.45. The summed E-state index contributed by atoms with van der Waals surface area (Å²) < 4.78 is 5.59. The Morgan fingerprint density at radius 1 is 1.20 bits per heavy atom. The van der Waals surface area contributed by atoms with E-state index in [1.165, 1.54) is 18.3 Å². The van der Waals surface area contributed by atoms with Crippen LogP contribution >= 0.6 is 23.2 Å². The number of benzene rings is 2. The minimum atomic E-state index is -0.739. The molecule has 0 fully saturated rings. The maximum atomic E-state index is 11.4. The molecule has 0 N–H and O–H groups in total. The van der Waals surface area contributed by atoms with Crippen LogP contribution in [0.4, 0.5) is 5.69 Å². The molecule has 0 amide bonds. The predicted molar refractivity (Wildman–Crippen MR) is 93.2 cm³/mol. The third-order valence-corrected chi connectivity index (χ3v) is 3.83. The SMILES string of the molecule is O=[N+]([O-])c1cc(/C=C(\Cl)c2ncc(-c3ccc(Cl)cc3)o2)ccc1[O-]. The van der Waals surface area contributed by atoms with Gasteiger partial charge in [-0.25, -0.2) is 4.98 Å². The summed E-state index contributed by atoms with van der Waals surface area (Å²) in [6.45, 7) is 0. The molecule has 0 aliphatic heterocycles. The van der Waals surface area contributed by atoms with Crippen LogP contribution in [0.3, 0.4) is 0 Å². The standard InChI is InChI=1S/C17H10Cl2N2O4/c18-12-4-2-11(3-5-12)16-9-20-17(25-16)13(19)7-10-1-6-15(22)14(8-10)21(23)24/h1-9,22H/p-1/b13-7-. The van der Waals surface area contributed by atoms with Gasteiger partial charge in [-0.05, 0) is 41.7 Å². The Morgan fingerprint density at radius 2 is 1.92 bits per heavy atom. The fraction of sp³-hybridized carbons (Fsp3) is 0. The average molecular weight is 376 g/mol. The van der Waals surface area contributed by atoms with Gasteiger partial charge >= 0.3 is 0 Å². The summed E-state index contributed by atoms with van der Waals surface area (Å²) in [7, 11) is 0. The van der Waals surface area contributed by atoms with Gasteiger partial charge < -0.3 is 9.52 Å². The number of nitrogens with zero attached hydrogens (tertiary/aromatic N) is 2. The third kappa shape index (κ3) is 3.81. The molecule has 0 aliphatic rings. The molecule has 6 nitrogen and oxygen atoms in total. The van der Waals surface area contributed by atoms with Crippen LogP contribution < -0.4 is 5.11 Å². The van der Waals surface area contributed by atoms with Crippen molar-refractivity contribution in [2.24, 2.45) is 0 Å². The van der Waals surface area contributed by atoms with E-state index in [2.05, 4.69) is 4.98 Å². The maximum absolute atomic E-state index is 11.4. The summed E-state index contributed by atoms with van der Waals surface area (Å²) in [6.07, 6.45) is 2.95. The van der Waals surface area contributed by atoms with Crippen LogP contribution in [0.25, 0.3) is 22.4 Å². The number of oxazole rings is 1. The second-order valence-electron chi connectivity index (χ2n) is 5.01. The molecular weight excluding hydrogens is 367 g/mol. The molecule has 25 heavy (non-hydrogen) atoms. The van der Waals surface area contributed by atoms with Gasteiger partial charge in [0.1, 0.15) is 5.03 Å². The van der Waals surface area contributed by atoms with Crippen LogP contribution in [0.15, 0.2) is 53.1 Å². The maximum Gasteiger partial charge on any atom is 0.262 e. The lowest BCUT2D eigenvalue weighted by Crippen LogP contribution is -1.97. The second-order valence-corrected chi connectivity index (χ2v) is 5.86. The van der Waals surface area contributed by atoms with E-state index in [4.69, 9.17) is 27.6 Å². The van der Waals surface area contributed by atoms with E-state index < -0.39 is 16.4 Å². The smallest absolute Gasteiger partial charge is 0.262 e. The molecule has 0 unspecified atom stereocenters. The largest absolute Gasteiger partial charge is 0.868 e. The van der Waals surface area contributed by atoms with Crippen molar-refractivity contribution < 1.29 is 14.4 Å². The summed E-state index contributed by atoms with van der Waals surface area (Å²) in [4.78, 5) is 14.2. The molecule has 0 radical (unpaired) electrons. The van der Waals surface area contributed by atoms with Crippen LogP contribution in [0.1, 0.15) is 11.5 Å². The topological polar surface area (TPSA) is 92.2 Å². The van der Waals surface area contributed by atoms with Crippen molar-refractivity contribution in [1.82, 2.24) is 4.98 Å². The normalized spacial score (nSPS) is 11.5. The van der Waals surface area contributed by atoms with Gasteiger partial charge in [-0.3, -0.25) is 10.1 Å². The molecule has 0 spiro atoms. The highest BCUT2D eigenvalue weighted by molar-refractivity contribution is 6.50. The Bertz CT molecular complexity index is 965. The minimum absolute atomic E-state index is 0.146. The van der Waals surface area contributed by atoms with E-state index in [0.29, 0.717) is 16.3 Å². The van der Waals surface area contributed by atoms with Crippen LogP contribution in [0.2, 0.25) is 5.02 Å². The summed E-state index contributed by atoms with van der Waals surface area (Å²) in [5, 5.41) is 23.0. The zero-order valence-electron chi connectivity index (χ0n) is 12.5. The average Bonchev–Trinajstić information content (AvgIpc) is 3.07. The Hall–Kier alpha value is -2.83. The van der Waals surface area contributed by atoms with Crippen molar-refractivity contribution in [2.45, 2.75) is 0 Å². The molecule has 0 saturated heterocycles. The Morgan fingerprint density at radius 3 is 2.60 bits per heavy atom. The summed E-state index contributed by atoms with van der Waals surface area (Å²) in [6, 6.07) is 10.7. The van der Waals surface area contributed by atoms with Crippen LogP contribution in [0, 0.1) is 10.1 Å². The van der Waals surface area contributed by atoms with Crippen molar-refractivity contribution >= 4 is 40.0 Å². The molecule has 8 heteroatoms. The van der Waals surface area contributed by atoms with E-state index >= 15 is 0 Å². The number of nitro benzene ring substituents is 1. The number of rotatable bonds is 4. The molecule has 0 atom stereocenters. The highest BCUT2D eigenvalue weighted by Crippen LogP contribution is 2.30. The number of nitro groups is 1. The summed E-state index contributed by atoms with van der Waals surface area (Å²) >= 11 is 12.0. The molecule has 1 aromatic heterocycles. The van der Waals surface area contributed by atoms with Crippen LogP contribution in [-0.4, -0.2) is 9.91 Å². The highest BCUT2D eigenvalue weighted by atomic mass is 35.5. The molecule has 0 bridgehead atoms. The zero-order valence-corrected chi connectivity index (χ0v) is 14.0. The first kappa shape index (κ1) is 17.0. The summed E-state index contributed by atoms with van der Waals surface area (Å²) in [5.74, 6) is -0.0148. The first-order valence-electron chi connectivity index (χ1n) is 6.99. The van der Waals surface area contributed by atoms with E-state index in [-0.39, 0.29) is 10.9 Å². The van der Waals surface area contributed by atoms with E-state index in [9.17, 15) is 15.2 Å². The predicted octanol–water partition coefficient (Wildman–Crippen LogP) is 4.71. The van der Waals surface area contributed by atoms with Gasteiger partial charge in [-0.2, -0.15) is 0 Å². The Kier molecular flexibility index (Phi) is 4.74. The Balaban J connectivity index is 1.90. The quantitative estimate of drug-likeness (QED) is 0.486. The van der Waals surface area contributed by atoms with Gasteiger partial charge in [-0.15, -0.1) is 0 Å². The van der Waals surface area contributed by atoms with Gasteiger partial charge in [0.05, 0.1) is 11.1 Å². The van der Waals surface area contributed by atoms with Crippen LogP contribution in [0.5, 0.6) is 5.75 Å².